The lowest BCUT2D eigenvalue weighted by molar-refractivity contribution is 0.0827. The number of guanidine groups is 1. The minimum Gasteiger partial charge on any atom is -0.361 e. The normalized spacial score (nSPS) is 11.5. The molecule has 3 aromatic rings. The van der Waals surface area contributed by atoms with Gasteiger partial charge in [0.05, 0.1) is 0 Å². The van der Waals surface area contributed by atoms with Gasteiger partial charge < -0.3 is 20.5 Å². The molecule has 1 aromatic heterocycles. The second kappa shape index (κ2) is 9.78. The summed E-state index contributed by atoms with van der Waals surface area (Å²) in [6, 6.07) is 16.1. The van der Waals surface area contributed by atoms with Crippen molar-refractivity contribution in [2.24, 2.45) is 4.99 Å². The first-order chi connectivity index (χ1) is 14.1. The van der Waals surface area contributed by atoms with Gasteiger partial charge in [0.2, 0.25) is 0 Å². The minimum absolute atomic E-state index is 0.0227. The Kier molecular flexibility index (Phi) is 6.89. The molecule has 0 saturated carbocycles. The summed E-state index contributed by atoms with van der Waals surface area (Å²) in [5.41, 5.74) is 4.30. The van der Waals surface area contributed by atoms with Crippen molar-refractivity contribution in [2.75, 3.05) is 34.2 Å². The van der Waals surface area contributed by atoms with Gasteiger partial charge in [-0.05, 0) is 42.2 Å². The van der Waals surface area contributed by atoms with Crippen molar-refractivity contribution in [2.45, 2.75) is 12.8 Å². The van der Waals surface area contributed by atoms with Crippen LogP contribution in [0.3, 0.4) is 0 Å². The Bertz CT molecular complexity index is 990. The number of nitrogens with zero attached hydrogens (tertiary/aromatic N) is 2. The van der Waals surface area contributed by atoms with Gasteiger partial charge in [-0.3, -0.25) is 9.79 Å². The zero-order valence-corrected chi connectivity index (χ0v) is 17.3. The first-order valence-electron chi connectivity index (χ1n) is 9.88. The van der Waals surface area contributed by atoms with Crippen LogP contribution in [0.1, 0.15) is 21.5 Å². The van der Waals surface area contributed by atoms with Crippen LogP contribution in [-0.4, -0.2) is 56.0 Å². The molecular weight excluding hydrogens is 362 g/mol. The maximum atomic E-state index is 12.1. The van der Waals surface area contributed by atoms with Crippen molar-refractivity contribution < 1.29 is 4.79 Å². The largest absolute Gasteiger partial charge is 0.361 e. The van der Waals surface area contributed by atoms with E-state index in [1.54, 1.807) is 26.0 Å². The summed E-state index contributed by atoms with van der Waals surface area (Å²) in [4.78, 5) is 21.3. The Morgan fingerprint density at radius 2 is 1.79 bits per heavy atom. The number of carbonyl (C=O) groups is 1. The summed E-state index contributed by atoms with van der Waals surface area (Å²) < 4.78 is 0. The highest BCUT2D eigenvalue weighted by Gasteiger charge is 2.08. The molecule has 2 aromatic carbocycles. The zero-order valence-electron chi connectivity index (χ0n) is 17.3. The Morgan fingerprint density at radius 1 is 1.03 bits per heavy atom. The fraction of sp³-hybridized carbons (Fsp3) is 0.304. The van der Waals surface area contributed by atoms with E-state index in [2.05, 4.69) is 45.0 Å². The maximum absolute atomic E-state index is 12.1. The third kappa shape index (κ3) is 5.38. The molecule has 152 valence electrons. The quantitative estimate of drug-likeness (QED) is 0.428. The summed E-state index contributed by atoms with van der Waals surface area (Å²) in [5, 5.41) is 7.98. The molecule has 0 fully saturated rings. The SMILES string of the molecule is CN=C(NCCc1cccc(C(=O)N(C)C)c1)NCCc1c[nH]c2ccccc12. The number of aliphatic imine (C=N–C) groups is 1. The predicted molar refractivity (Wildman–Crippen MR) is 120 cm³/mol. The number of H-pyrrole nitrogens is 1. The molecule has 0 aliphatic rings. The highest BCUT2D eigenvalue weighted by Crippen LogP contribution is 2.17. The molecule has 6 heteroatoms. The second-order valence-corrected chi connectivity index (χ2v) is 7.19. The highest BCUT2D eigenvalue weighted by molar-refractivity contribution is 5.94. The van der Waals surface area contributed by atoms with Gasteiger partial charge in [0.15, 0.2) is 5.96 Å². The van der Waals surface area contributed by atoms with Crippen LogP contribution in [0.4, 0.5) is 0 Å². The number of rotatable bonds is 7. The molecule has 0 bridgehead atoms. The van der Waals surface area contributed by atoms with Crippen LogP contribution in [0.25, 0.3) is 10.9 Å². The van der Waals surface area contributed by atoms with Gasteiger partial charge in [-0.15, -0.1) is 0 Å². The second-order valence-electron chi connectivity index (χ2n) is 7.19. The van der Waals surface area contributed by atoms with E-state index in [1.807, 2.05) is 30.3 Å². The van der Waals surface area contributed by atoms with Gasteiger partial charge in [0.1, 0.15) is 0 Å². The standard InChI is InChI=1S/C23H29N5O/c1-24-23(26-14-12-19-16-27-21-10-5-4-9-20(19)21)25-13-11-17-7-6-8-18(15-17)22(29)28(2)3/h4-10,15-16,27H,11-14H2,1-3H3,(H2,24,25,26). The molecule has 29 heavy (non-hydrogen) atoms. The Morgan fingerprint density at radius 3 is 2.55 bits per heavy atom. The van der Waals surface area contributed by atoms with Crippen molar-refractivity contribution in [3.63, 3.8) is 0 Å². The summed E-state index contributed by atoms with van der Waals surface area (Å²) in [6.45, 7) is 1.54. The molecular formula is C23H29N5O. The maximum Gasteiger partial charge on any atom is 0.253 e. The molecule has 6 nitrogen and oxygen atoms in total. The lowest BCUT2D eigenvalue weighted by Gasteiger charge is -2.13. The molecule has 3 N–H and O–H groups in total. The summed E-state index contributed by atoms with van der Waals surface area (Å²) in [7, 11) is 5.31. The average Bonchev–Trinajstić information content (AvgIpc) is 3.15. The van der Waals surface area contributed by atoms with Gasteiger partial charge >= 0.3 is 0 Å². The Labute approximate surface area is 172 Å². The van der Waals surface area contributed by atoms with Gasteiger partial charge in [-0.25, -0.2) is 0 Å². The van der Waals surface area contributed by atoms with Crippen LogP contribution < -0.4 is 10.6 Å². The Balaban J connectivity index is 1.46. The minimum atomic E-state index is 0.0227. The van der Waals surface area contributed by atoms with Gasteiger partial charge in [0.25, 0.3) is 5.91 Å². The molecule has 0 unspecified atom stereocenters. The van der Waals surface area contributed by atoms with E-state index in [-0.39, 0.29) is 5.91 Å². The van der Waals surface area contributed by atoms with E-state index >= 15 is 0 Å². The summed E-state index contributed by atoms with van der Waals surface area (Å²) in [5.74, 6) is 0.805. The molecule has 0 radical (unpaired) electrons. The number of hydrogen-bond donors (Lipinski definition) is 3. The molecule has 0 atom stereocenters. The van der Waals surface area contributed by atoms with Crippen LogP contribution in [0, 0.1) is 0 Å². The number of benzene rings is 2. The van der Waals surface area contributed by atoms with E-state index in [1.165, 1.54) is 16.5 Å². The topological polar surface area (TPSA) is 72.5 Å². The van der Waals surface area contributed by atoms with Gasteiger partial charge in [-0.1, -0.05) is 30.3 Å². The fourth-order valence-electron chi connectivity index (χ4n) is 3.32. The van der Waals surface area contributed by atoms with E-state index in [0.29, 0.717) is 5.56 Å². The third-order valence-corrected chi connectivity index (χ3v) is 4.87. The van der Waals surface area contributed by atoms with Crippen LogP contribution in [0.15, 0.2) is 59.7 Å². The van der Waals surface area contributed by atoms with Crippen LogP contribution in [0.2, 0.25) is 0 Å². The number of nitrogens with one attached hydrogen (secondary N) is 3. The van der Waals surface area contributed by atoms with Crippen molar-refractivity contribution in [3.05, 3.63) is 71.4 Å². The first-order valence-corrected chi connectivity index (χ1v) is 9.88. The number of amides is 1. The number of aromatic nitrogens is 1. The van der Waals surface area contributed by atoms with Gasteiger partial charge in [0, 0.05) is 56.9 Å². The Hall–Kier alpha value is -3.28. The third-order valence-electron chi connectivity index (χ3n) is 4.87. The number of fused-ring (bicyclic) bond motifs is 1. The molecule has 3 rings (SSSR count). The van der Waals surface area contributed by atoms with E-state index in [0.717, 1.165) is 37.5 Å². The van der Waals surface area contributed by atoms with Crippen LogP contribution in [0.5, 0.6) is 0 Å². The monoisotopic (exact) mass is 391 g/mol. The summed E-state index contributed by atoms with van der Waals surface area (Å²) >= 11 is 0. The molecule has 0 aliphatic carbocycles. The average molecular weight is 392 g/mol. The lowest BCUT2D eigenvalue weighted by atomic mass is 10.1. The van der Waals surface area contributed by atoms with Crippen molar-refractivity contribution in [1.29, 1.82) is 0 Å². The molecule has 1 amide bonds. The van der Waals surface area contributed by atoms with Crippen molar-refractivity contribution in [1.82, 2.24) is 20.5 Å². The lowest BCUT2D eigenvalue weighted by Crippen LogP contribution is -2.39. The van der Waals surface area contributed by atoms with E-state index < -0.39 is 0 Å². The molecule has 0 saturated heterocycles. The van der Waals surface area contributed by atoms with Gasteiger partial charge in [-0.2, -0.15) is 0 Å². The smallest absolute Gasteiger partial charge is 0.253 e. The molecule has 0 aliphatic heterocycles. The van der Waals surface area contributed by atoms with E-state index in [9.17, 15) is 4.79 Å². The molecule has 0 spiro atoms. The number of para-hydroxylation sites is 1. The van der Waals surface area contributed by atoms with Crippen molar-refractivity contribution in [3.8, 4) is 0 Å². The summed E-state index contributed by atoms with van der Waals surface area (Å²) in [6.07, 6.45) is 3.81. The van der Waals surface area contributed by atoms with Crippen LogP contribution in [-0.2, 0) is 12.8 Å². The van der Waals surface area contributed by atoms with E-state index in [4.69, 9.17) is 0 Å². The fourth-order valence-corrected chi connectivity index (χ4v) is 3.32. The number of aromatic amines is 1. The number of carbonyl (C=O) groups excluding carboxylic acids is 1. The number of hydrogen-bond acceptors (Lipinski definition) is 2. The van der Waals surface area contributed by atoms with Crippen LogP contribution >= 0.6 is 0 Å². The molecule has 1 heterocycles. The first kappa shape index (κ1) is 20.5. The highest BCUT2D eigenvalue weighted by atomic mass is 16.2. The predicted octanol–water partition coefficient (Wildman–Crippen LogP) is 2.82. The zero-order chi connectivity index (χ0) is 20.6. The van der Waals surface area contributed by atoms with Crippen molar-refractivity contribution >= 4 is 22.8 Å².